The number of ether oxygens (including phenoxy) is 2. The minimum atomic E-state index is -0.967. The molecule has 144 valence electrons. The van der Waals surface area contributed by atoms with Gasteiger partial charge < -0.3 is 19.7 Å². The highest BCUT2D eigenvalue weighted by atomic mass is 16.6. The van der Waals surface area contributed by atoms with Crippen LogP contribution < -0.4 is 5.32 Å². The standard InChI is InChI=1S/C19H28N2O5/c1-7-25-15(22)12-21(6)17(23)16(14-11-9-8-10-13(14)2)20-18(24)26-19(3,4)5/h8-11,16H,7,12H2,1-6H3,(H,20,24). The highest BCUT2D eigenvalue weighted by Crippen LogP contribution is 2.20. The number of amides is 2. The fourth-order valence-corrected chi connectivity index (χ4v) is 2.31. The molecule has 0 fully saturated rings. The number of carbonyl (C=O) groups is 3. The summed E-state index contributed by atoms with van der Waals surface area (Å²) in [5, 5.41) is 2.61. The van der Waals surface area contributed by atoms with Crippen molar-refractivity contribution in [2.45, 2.75) is 46.3 Å². The lowest BCUT2D eigenvalue weighted by atomic mass is 10.0. The van der Waals surface area contributed by atoms with E-state index in [2.05, 4.69) is 5.32 Å². The summed E-state index contributed by atoms with van der Waals surface area (Å²) >= 11 is 0. The summed E-state index contributed by atoms with van der Waals surface area (Å²) in [6, 6.07) is 6.26. The lowest BCUT2D eigenvalue weighted by Crippen LogP contribution is -2.45. The van der Waals surface area contributed by atoms with E-state index < -0.39 is 29.6 Å². The van der Waals surface area contributed by atoms with Gasteiger partial charge >= 0.3 is 12.1 Å². The third kappa shape index (κ3) is 6.74. The number of likely N-dealkylation sites (N-methyl/N-ethyl adjacent to an activating group) is 1. The van der Waals surface area contributed by atoms with Crippen molar-refractivity contribution in [2.24, 2.45) is 0 Å². The Kier molecular flexibility index (Phi) is 7.61. The van der Waals surface area contributed by atoms with Crippen molar-refractivity contribution in [2.75, 3.05) is 20.2 Å². The average molecular weight is 364 g/mol. The Labute approximate surface area is 154 Å². The molecule has 0 saturated heterocycles. The second-order valence-electron chi connectivity index (χ2n) is 6.94. The molecule has 0 heterocycles. The number of esters is 1. The largest absolute Gasteiger partial charge is 0.465 e. The smallest absolute Gasteiger partial charge is 0.408 e. The molecular weight excluding hydrogens is 336 g/mol. The molecule has 0 aliphatic rings. The number of alkyl carbamates (subject to hydrolysis) is 1. The van der Waals surface area contributed by atoms with Crippen molar-refractivity contribution in [1.82, 2.24) is 10.2 Å². The number of carbonyl (C=O) groups excluding carboxylic acids is 3. The molecule has 0 aromatic heterocycles. The molecule has 7 nitrogen and oxygen atoms in total. The van der Waals surface area contributed by atoms with Gasteiger partial charge in [0.2, 0.25) is 5.91 Å². The molecule has 0 bridgehead atoms. The van der Waals surface area contributed by atoms with Crippen molar-refractivity contribution in [3.05, 3.63) is 35.4 Å². The normalized spacial score (nSPS) is 12.1. The Bertz CT molecular complexity index is 652. The summed E-state index contributed by atoms with van der Waals surface area (Å²) in [4.78, 5) is 38.0. The first kappa shape index (κ1) is 21.5. The zero-order chi connectivity index (χ0) is 19.9. The van der Waals surface area contributed by atoms with E-state index >= 15 is 0 Å². The van der Waals surface area contributed by atoms with E-state index in [0.29, 0.717) is 5.56 Å². The molecule has 1 atom stereocenters. The number of nitrogens with one attached hydrogen (secondary N) is 1. The van der Waals surface area contributed by atoms with Crippen molar-refractivity contribution >= 4 is 18.0 Å². The summed E-state index contributed by atoms with van der Waals surface area (Å²) in [5.74, 6) is -0.942. The molecule has 1 aromatic rings. The van der Waals surface area contributed by atoms with E-state index in [0.717, 1.165) is 5.56 Å². The van der Waals surface area contributed by atoms with Gasteiger partial charge in [0.15, 0.2) is 0 Å². The molecular formula is C19H28N2O5. The zero-order valence-electron chi connectivity index (χ0n) is 16.3. The van der Waals surface area contributed by atoms with Gasteiger partial charge in [0, 0.05) is 7.05 Å². The molecule has 1 N–H and O–H groups in total. The maximum absolute atomic E-state index is 12.9. The maximum atomic E-state index is 12.9. The highest BCUT2D eigenvalue weighted by Gasteiger charge is 2.29. The number of benzene rings is 1. The Balaban J connectivity index is 3.04. The van der Waals surface area contributed by atoms with Gasteiger partial charge in [-0.1, -0.05) is 24.3 Å². The van der Waals surface area contributed by atoms with Gasteiger partial charge in [-0.2, -0.15) is 0 Å². The van der Waals surface area contributed by atoms with Gasteiger partial charge in [0.05, 0.1) is 6.61 Å². The van der Waals surface area contributed by atoms with Gasteiger partial charge in [-0.15, -0.1) is 0 Å². The van der Waals surface area contributed by atoms with Crippen molar-refractivity contribution in [3.8, 4) is 0 Å². The molecule has 26 heavy (non-hydrogen) atoms. The number of aryl methyl sites for hydroxylation is 1. The van der Waals surface area contributed by atoms with Gasteiger partial charge in [-0.05, 0) is 45.7 Å². The summed E-state index contributed by atoms with van der Waals surface area (Å²) in [6.07, 6.45) is -0.705. The summed E-state index contributed by atoms with van der Waals surface area (Å²) in [5.41, 5.74) is 0.783. The topological polar surface area (TPSA) is 84.9 Å². The lowest BCUT2D eigenvalue weighted by Gasteiger charge is -2.27. The van der Waals surface area contributed by atoms with Gasteiger partial charge in [-0.3, -0.25) is 9.59 Å². The van der Waals surface area contributed by atoms with Crippen molar-refractivity contribution in [3.63, 3.8) is 0 Å². The molecule has 0 radical (unpaired) electrons. The van der Waals surface area contributed by atoms with Crippen LogP contribution in [0.5, 0.6) is 0 Å². The number of rotatable bonds is 6. The minimum Gasteiger partial charge on any atom is -0.465 e. The van der Waals surface area contributed by atoms with Gasteiger partial charge in [0.25, 0.3) is 0 Å². The van der Waals surface area contributed by atoms with Crippen molar-refractivity contribution in [1.29, 1.82) is 0 Å². The Hall–Kier alpha value is -2.57. The summed E-state index contributed by atoms with van der Waals surface area (Å²) < 4.78 is 10.1. The van der Waals surface area contributed by atoms with E-state index in [1.165, 1.54) is 11.9 Å². The quantitative estimate of drug-likeness (QED) is 0.784. The van der Waals surface area contributed by atoms with Crippen LogP contribution in [0.4, 0.5) is 4.79 Å². The monoisotopic (exact) mass is 364 g/mol. The molecule has 0 saturated carbocycles. The van der Waals surface area contributed by atoms with Crippen LogP contribution in [0.3, 0.4) is 0 Å². The predicted molar refractivity (Wildman–Crippen MR) is 97.6 cm³/mol. The average Bonchev–Trinajstić information content (AvgIpc) is 2.51. The molecule has 7 heteroatoms. The Morgan fingerprint density at radius 2 is 1.81 bits per heavy atom. The van der Waals surface area contributed by atoms with Crippen LogP contribution in [0.2, 0.25) is 0 Å². The number of hydrogen-bond acceptors (Lipinski definition) is 5. The first-order chi connectivity index (χ1) is 12.0. The van der Waals surface area contributed by atoms with Gasteiger partial charge in [-0.25, -0.2) is 4.79 Å². The summed E-state index contributed by atoms with van der Waals surface area (Å²) in [6.45, 7) is 8.79. The van der Waals surface area contributed by atoms with Gasteiger partial charge in [0.1, 0.15) is 18.2 Å². The van der Waals surface area contributed by atoms with E-state index in [1.807, 2.05) is 19.1 Å². The molecule has 1 rings (SSSR count). The first-order valence-corrected chi connectivity index (χ1v) is 8.50. The van der Waals surface area contributed by atoms with Crippen LogP contribution in [0.1, 0.15) is 44.9 Å². The molecule has 1 aromatic carbocycles. The summed E-state index contributed by atoms with van der Waals surface area (Å²) in [7, 11) is 1.49. The van der Waals surface area contributed by atoms with E-state index in [9.17, 15) is 14.4 Å². The van der Waals surface area contributed by atoms with Crippen LogP contribution in [0, 0.1) is 6.92 Å². The minimum absolute atomic E-state index is 0.203. The van der Waals surface area contributed by atoms with Crippen LogP contribution in [0.15, 0.2) is 24.3 Å². The number of hydrogen-bond donors (Lipinski definition) is 1. The molecule has 0 spiro atoms. The molecule has 1 unspecified atom stereocenters. The van der Waals surface area contributed by atoms with Crippen LogP contribution in [-0.4, -0.2) is 48.7 Å². The van der Waals surface area contributed by atoms with Crippen LogP contribution in [0.25, 0.3) is 0 Å². The maximum Gasteiger partial charge on any atom is 0.408 e. The third-order valence-corrected chi connectivity index (χ3v) is 3.46. The van der Waals surface area contributed by atoms with Crippen molar-refractivity contribution < 1.29 is 23.9 Å². The van der Waals surface area contributed by atoms with E-state index in [-0.39, 0.29) is 13.2 Å². The SMILES string of the molecule is CCOC(=O)CN(C)C(=O)C(NC(=O)OC(C)(C)C)c1ccccc1C. The lowest BCUT2D eigenvalue weighted by molar-refractivity contribution is -0.148. The number of nitrogens with zero attached hydrogens (tertiary/aromatic N) is 1. The van der Waals surface area contributed by atoms with E-state index in [4.69, 9.17) is 9.47 Å². The second kappa shape index (κ2) is 9.22. The molecule has 0 aliphatic carbocycles. The predicted octanol–water partition coefficient (Wildman–Crippen LogP) is 2.58. The third-order valence-electron chi connectivity index (χ3n) is 3.46. The Morgan fingerprint density at radius 1 is 1.19 bits per heavy atom. The fraction of sp³-hybridized carbons (Fsp3) is 0.526. The second-order valence-corrected chi connectivity index (χ2v) is 6.94. The fourth-order valence-electron chi connectivity index (χ4n) is 2.31. The highest BCUT2D eigenvalue weighted by molar-refractivity contribution is 5.89. The first-order valence-electron chi connectivity index (χ1n) is 8.50. The molecule has 0 aliphatic heterocycles. The Morgan fingerprint density at radius 3 is 2.35 bits per heavy atom. The molecule has 2 amide bonds. The van der Waals surface area contributed by atoms with E-state index in [1.54, 1.807) is 39.8 Å². The zero-order valence-corrected chi connectivity index (χ0v) is 16.3. The van der Waals surface area contributed by atoms with Crippen LogP contribution in [-0.2, 0) is 19.1 Å². The van der Waals surface area contributed by atoms with Crippen LogP contribution >= 0.6 is 0 Å².